The van der Waals surface area contributed by atoms with E-state index >= 15 is 0 Å². The molecule has 0 heterocycles. The van der Waals surface area contributed by atoms with Crippen molar-refractivity contribution in [2.24, 2.45) is 0 Å². The number of hydrogen-bond acceptors (Lipinski definition) is 4. The maximum atomic E-state index is 13.2. The molecule has 0 saturated carbocycles. The van der Waals surface area contributed by atoms with Crippen LogP contribution in [0.25, 0.3) is 0 Å². The molecule has 1 N–H and O–H groups in total. The molecule has 0 aliphatic heterocycles. The van der Waals surface area contributed by atoms with Gasteiger partial charge in [-0.05, 0) is 32.3 Å². The van der Waals surface area contributed by atoms with Gasteiger partial charge in [-0.3, -0.25) is 9.10 Å². The van der Waals surface area contributed by atoms with E-state index in [9.17, 15) is 17.6 Å². The van der Waals surface area contributed by atoms with Crippen LogP contribution in [-0.2, 0) is 14.8 Å². The van der Waals surface area contributed by atoms with Crippen molar-refractivity contribution >= 4 is 21.6 Å². The van der Waals surface area contributed by atoms with Crippen molar-refractivity contribution in [1.82, 2.24) is 10.2 Å². The summed E-state index contributed by atoms with van der Waals surface area (Å²) in [6.07, 6.45) is 0.977. The number of hydrogen-bond donors (Lipinski definition) is 1. The maximum absolute atomic E-state index is 13.2. The monoisotopic (exact) mass is 317 g/mol. The first kappa shape index (κ1) is 17.4. The number of rotatable bonds is 7. The first-order valence-corrected chi connectivity index (χ1v) is 8.19. The summed E-state index contributed by atoms with van der Waals surface area (Å²) in [5.41, 5.74) is 0.125. The summed E-state index contributed by atoms with van der Waals surface area (Å²) in [6, 6.07) is 5.12. The van der Waals surface area contributed by atoms with Crippen LogP contribution in [0.5, 0.6) is 0 Å². The molecule has 0 atom stereocenters. The second-order valence-electron chi connectivity index (χ2n) is 4.90. The molecule has 1 aromatic carbocycles. The topological polar surface area (TPSA) is 69.7 Å². The summed E-state index contributed by atoms with van der Waals surface area (Å²) >= 11 is 0. The van der Waals surface area contributed by atoms with E-state index in [2.05, 4.69) is 5.32 Å². The molecule has 0 radical (unpaired) electrons. The highest BCUT2D eigenvalue weighted by Crippen LogP contribution is 2.18. The number of carbonyl (C=O) groups is 1. The van der Waals surface area contributed by atoms with Crippen LogP contribution in [0.15, 0.2) is 24.3 Å². The minimum atomic E-state index is -3.68. The van der Waals surface area contributed by atoms with E-state index in [4.69, 9.17) is 0 Å². The molecular weight excluding hydrogens is 297 g/mol. The van der Waals surface area contributed by atoms with Crippen LogP contribution < -0.4 is 9.62 Å². The molecule has 0 aliphatic carbocycles. The largest absolute Gasteiger partial charge is 0.353 e. The second-order valence-corrected chi connectivity index (χ2v) is 6.81. The van der Waals surface area contributed by atoms with Gasteiger partial charge < -0.3 is 10.2 Å². The van der Waals surface area contributed by atoms with Crippen molar-refractivity contribution < 1.29 is 17.6 Å². The van der Waals surface area contributed by atoms with Gasteiger partial charge in [-0.25, -0.2) is 12.8 Å². The zero-order valence-electron chi connectivity index (χ0n) is 12.3. The van der Waals surface area contributed by atoms with Gasteiger partial charge in [-0.2, -0.15) is 0 Å². The number of amides is 1. The standard InChI is InChI=1S/C13H20FN3O3S/c1-16(2)8-7-15-13(18)10-17(21(3,19)20)12-6-4-5-11(14)9-12/h4-6,9H,7-8,10H2,1-3H3,(H,15,18). The van der Waals surface area contributed by atoms with Crippen molar-refractivity contribution in [2.75, 3.05) is 44.3 Å². The maximum Gasteiger partial charge on any atom is 0.240 e. The van der Waals surface area contributed by atoms with Crippen LogP contribution in [0.3, 0.4) is 0 Å². The van der Waals surface area contributed by atoms with Crippen LogP contribution in [0.2, 0.25) is 0 Å². The third-order valence-electron chi connectivity index (χ3n) is 2.66. The predicted octanol–water partition coefficient (Wildman–Crippen LogP) is 0.270. The highest BCUT2D eigenvalue weighted by molar-refractivity contribution is 7.92. The number of sulfonamides is 1. The van der Waals surface area contributed by atoms with Crippen molar-refractivity contribution in [3.05, 3.63) is 30.1 Å². The van der Waals surface area contributed by atoms with Gasteiger partial charge in [0.15, 0.2) is 0 Å². The Kier molecular flexibility index (Phi) is 6.10. The number of anilines is 1. The zero-order chi connectivity index (χ0) is 16.0. The number of carbonyl (C=O) groups excluding carboxylic acids is 1. The molecule has 21 heavy (non-hydrogen) atoms. The third-order valence-corrected chi connectivity index (χ3v) is 3.81. The molecule has 0 aliphatic rings. The van der Waals surface area contributed by atoms with Crippen LogP contribution in [-0.4, -0.2) is 59.2 Å². The average Bonchev–Trinajstić information content (AvgIpc) is 2.34. The first-order chi connectivity index (χ1) is 9.70. The van der Waals surface area contributed by atoms with Crippen molar-refractivity contribution in [3.63, 3.8) is 0 Å². The predicted molar refractivity (Wildman–Crippen MR) is 80.2 cm³/mol. The van der Waals surface area contributed by atoms with Crippen molar-refractivity contribution in [1.29, 1.82) is 0 Å². The van der Waals surface area contributed by atoms with Gasteiger partial charge >= 0.3 is 0 Å². The molecule has 0 fully saturated rings. The Labute approximate surface area is 124 Å². The van der Waals surface area contributed by atoms with Crippen LogP contribution >= 0.6 is 0 Å². The van der Waals surface area contributed by atoms with E-state index in [0.717, 1.165) is 16.6 Å². The van der Waals surface area contributed by atoms with E-state index in [1.54, 1.807) is 0 Å². The lowest BCUT2D eigenvalue weighted by atomic mass is 10.3. The van der Waals surface area contributed by atoms with Gasteiger partial charge in [0.25, 0.3) is 0 Å². The molecule has 0 bridgehead atoms. The van der Waals surface area contributed by atoms with Gasteiger partial charge in [-0.15, -0.1) is 0 Å². The number of halogens is 1. The lowest BCUT2D eigenvalue weighted by Crippen LogP contribution is -2.42. The van der Waals surface area contributed by atoms with Crippen LogP contribution in [0, 0.1) is 5.82 Å². The number of benzene rings is 1. The molecule has 0 unspecified atom stereocenters. The van der Waals surface area contributed by atoms with Crippen LogP contribution in [0.4, 0.5) is 10.1 Å². The van der Waals surface area contributed by atoms with E-state index in [1.165, 1.54) is 18.2 Å². The summed E-state index contributed by atoms with van der Waals surface area (Å²) in [5.74, 6) is -0.999. The van der Waals surface area contributed by atoms with Crippen molar-refractivity contribution in [3.8, 4) is 0 Å². The molecular formula is C13H20FN3O3S. The molecule has 1 rings (SSSR count). The molecule has 0 saturated heterocycles. The van der Waals surface area contributed by atoms with Gasteiger partial charge in [0.05, 0.1) is 11.9 Å². The third kappa shape index (κ3) is 6.09. The number of likely N-dealkylation sites (N-methyl/N-ethyl adjacent to an activating group) is 1. The van der Waals surface area contributed by atoms with E-state index in [1.807, 2.05) is 19.0 Å². The highest BCUT2D eigenvalue weighted by atomic mass is 32.2. The summed E-state index contributed by atoms with van der Waals surface area (Å²) in [5, 5.41) is 2.62. The fraction of sp³-hybridized carbons (Fsp3) is 0.462. The molecule has 0 aromatic heterocycles. The van der Waals surface area contributed by atoms with E-state index in [0.29, 0.717) is 13.1 Å². The SMILES string of the molecule is CN(C)CCNC(=O)CN(c1cccc(F)c1)S(C)(=O)=O. The molecule has 6 nitrogen and oxygen atoms in total. The Morgan fingerprint density at radius 1 is 1.33 bits per heavy atom. The quantitative estimate of drug-likeness (QED) is 0.784. The first-order valence-electron chi connectivity index (χ1n) is 6.35. The Morgan fingerprint density at radius 2 is 2.00 bits per heavy atom. The lowest BCUT2D eigenvalue weighted by molar-refractivity contribution is -0.119. The van der Waals surface area contributed by atoms with Gasteiger partial charge in [0.2, 0.25) is 15.9 Å². The fourth-order valence-electron chi connectivity index (χ4n) is 1.64. The van der Waals surface area contributed by atoms with Crippen LogP contribution in [0.1, 0.15) is 0 Å². The molecule has 1 amide bonds. The fourth-order valence-corrected chi connectivity index (χ4v) is 2.48. The smallest absolute Gasteiger partial charge is 0.240 e. The molecule has 0 spiro atoms. The second kappa shape index (κ2) is 7.37. The van der Waals surface area contributed by atoms with E-state index < -0.39 is 21.7 Å². The Bertz CT molecular complexity index is 590. The highest BCUT2D eigenvalue weighted by Gasteiger charge is 2.20. The average molecular weight is 317 g/mol. The summed E-state index contributed by atoms with van der Waals surface area (Å²) in [4.78, 5) is 13.7. The minimum absolute atomic E-state index is 0.125. The zero-order valence-corrected chi connectivity index (χ0v) is 13.2. The van der Waals surface area contributed by atoms with Gasteiger partial charge in [0, 0.05) is 13.1 Å². The number of nitrogens with zero attached hydrogens (tertiary/aromatic N) is 2. The van der Waals surface area contributed by atoms with E-state index in [-0.39, 0.29) is 12.2 Å². The van der Waals surface area contributed by atoms with Gasteiger partial charge in [0.1, 0.15) is 12.4 Å². The Morgan fingerprint density at radius 3 is 2.52 bits per heavy atom. The van der Waals surface area contributed by atoms with Crippen molar-refractivity contribution in [2.45, 2.75) is 0 Å². The summed E-state index contributed by atoms with van der Waals surface area (Å²) in [6.45, 7) is 0.673. The Hall–Kier alpha value is -1.67. The molecule has 1 aromatic rings. The summed E-state index contributed by atoms with van der Waals surface area (Å²) in [7, 11) is 0.0499. The lowest BCUT2D eigenvalue weighted by Gasteiger charge is -2.22. The molecule has 118 valence electrons. The Balaban J connectivity index is 2.79. The number of nitrogens with one attached hydrogen (secondary N) is 1. The normalized spacial score (nSPS) is 11.5. The molecule has 8 heteroatoms. The summed E-state index contributed by atoms with van der Waals surface area (Å²) < 4.78 is 37.6. The minimum Gasteiger partial charge on any atom is -0.353 e. The van der Waals surface area contributed by atoms with Gasteiger partial charge in [-0.1, -0.05) is 6.07 Å².